The van der Waals surface area contributed by atoms with Crippen LogP contribution in [0.15, 0.2) is 12.2 Å². The lowest BCUT2D eigenvalue weighted by molar-refractivity contribution is 0.00345. The van der Waals surface area contributed by atoms with Crippen LogP contribution in [0, 0.1) is 29.7 Å². The maximum absolute atomic E-state index is 7.33. The fourth-order valence-corrected chi connectivity index (χ4v) is 5.51. The van der Waals surface area contributed by atoms with Crippen LogP contribution in [0.2, 0.25) is 0 Å². The van der Waals surface area contributed by atoms with Gasteiger partial charge in [-0.25, -0.2) is 6.57 Å². The van der Waals surface area contributed by atoms with E-state index in [-0.39, 0.29) is 11.1 Å². The van der Waals surface area contributed by atoms with Crippen molar-refractivity contribution in [3.8, 4) is 0 Å². The summed E-state index contributed by atoms with van der Waals surface area (Å²) in [5.41, 5.74) is 0.209. The summed E-state index contributed by atoms with van der Waals surface area (Å²) in [4.78, 5) is 3.78. The highest BCUT2D eigenvalue weighted by molar-refractivity contribution is 5.16. The van der Waals surface area contributed by atoms with E-state index in [2.05, 4.69) is 51.6 Å². The van der Waals surface area contributed by atoms with Gasteiger partial charge in [0.05, 0.1) is 11.7 Å². The summed E-state index contributed by atoms with van der Waals surface area (Å²) >= 11 is 0. The molecule has 0 aromatic carbocycles. The van der Waals surface area contributed by atoms with Gasteiger partial charge >= 0.3 is 0 Å². The maximum Gasteiger partial charge on any atom is 0.248 e. The number of allylic oxidation sites excluding steroid dienone is 1. The molecule has 6 atom stereocenters. The molecule has 0 unspecified atom stereocenters. The van der Waals surface area contributed by atoms with Gasteiger partial charge in [-0.3, -0.25) is 0 Å². The zero-order chi connectivity index (χ0) is 16.9. The molecule has 23 heavy (non-hydrogen) atoms. The van der Waals surface area contributed by atoms with Crippen LogP contribution in [-0.4, -0.2) is 17.2 Å². The fourth-order valence-electron chi connectivity index (χ4n) is 5.51. The minimum absolute atomic E-state index is 0.124. The first kappa shape index (κ1) is 17.0. The normalized spacial score (nSPS) is 45.8. The molecule has 3 aliphatic rings. The average Bonchev–Trinajstić information content (AvgIpc) is 2.98. The Hall–Kier alpha value is -0.810. The van der Waals surface area contributed by atoms with Crippen molar-refractivity contribution in [1.29, 1.82) is 0 Å². The van der Waals surface area contributed by atoms with Crippen molar-refractivity contribution in [2.45, 2.75) is 90.4 Å². The van der Waals surface area contributed by atoms with Crippen molar-refractivity contribution in [3.05, 3.63) is 23.6 Å². The summed E-state index contributed by atoms with van der Waals surface area (Å²) in [5.74, 6) is 2.05. The van der Waals surface area contributed by atoms with Gasteiger partial charge in [0, 0.05) is 13.3 Å². The van der Waals surface area contributed by atoms with E-state index in [1.54, 1.807) is 0 Å². The fraction of sp³-hybridized carbons (Fsp3) is 0.857. The number of fused-ring (bicyclic) bond motifs is 2. The van der Waals surface area contributed by atoms with Crippen LogP contribution in [0.25, 0.3) is 4.85 Å². The first-order chi connectivity index (χ1) is 10.7. The number of hydrogen-bond donors (Lipinski definition) is 0. The van der Waals surface area contributed by atoms with E-state index in [0.29, 0.717) is 29.3 Å². The second-order valence-corrected chi connectivity index (χ2v) is 9.42. The highest BCUT2D eigenvalue weighted by Gasteiger charge is 2.60. The van der Waals surface area contributed by atoms with Gasteiger partial charge in [0.25, 0.3) is 0 Å². The number of hydrogen-bond acceptors (Lipinski definition) is 1. The topological polar surface area (TPSA) is 13.6 Å². The van der Waals surface area contributed by atoms with E-state index < -0.39 is 0 Å². The van der Waals surface area contributed by atoms with E-state index >= 15 is 0 Å². The first-order valence-electron chi connectivity index (χ1n) is 9.46. The van der Waals surface area contributed by atoms with Crippen LogP contribution in [0.4, 0.5) is 0 Å². The summed E-state index contributed by atoms with van der Waals surface area (Å²) in [7, 11) is 0. The molecule has 2 heterocycles. The third-order valence-corrected chi connectivity index (χ3v) is 7.36. The lowest BCUT2D eigenvalue weighted by Gasteiger charge is -2.40. The lowest BCUT2D eigenvalue weighted by atomic mass is 9.62. The summed E-state index contributed by atoms with van der Waals surface area (Å²) in [6.45, 7) is 19.0. The van der Waals surface area contributed by atoms with E-state index in [9.17, 15) is 0 Å². The molecule has 2 bridgehead atoms. The third kappa shape index (κ3) is 2.86. The van der Waals surface area contributed by atoms with Gasteiger partial charge in [0.15, 0.2) is 0 Å². The van der Waals surface area contributed by atoms with Crippen molar-refractivity contribution in [2.75, 3.05) is 0 Å². The molecule has 0 spiro atoms. The molecule has 1 aliphatic carbocycles. The zero-order valence-electron chi connectivity index (χ0n) is 15.6. The van der Waals surface area contributed by atoms with Crippen LogP contribution >= 0.6 is 0 Å². The van der Waals surface area contributed by atoms with E-state index in [0.717, 1.165) is 6.42 Å². The second kappa shape index (κ2) is 5.62. The Labute approximate surface area is 142 Å². The minimum atomic E-state index is -0.246. The SMILES string of the molecule is [C-]#[N+][C@@]1(C)C=C[C@H]([C@H](C)CC[C@@H]2C(C)(C)[C@H]3CC[C@]2(C)O3)CC1. The van der Waals surface area contributed by atoms with Crippen LogP contribution in [0.1, 0.15) is 73.1 Å². The maximum atomic E-state index is 7.33. The highest BCUT2D eigenvalue weighted by Crippen LogP contribution is 2.59. The van der Waals surface area contributed by atoms with E-state index in [1.807, 2.05) is 0 Å². The molecule has 0 amide bonds. The van der Waals surface area contributed by atoms with E-state index in [1.165, 1.54) is 32.1 Å². The number of nitrogens with zero attached hydrogens (tertiary/aromatic N) is 1. The van der Waals surface area contributed by atoms with Crippen molar-refractivity contribution < 1.29 is 4.74 Å². The van der Waals surface area contributed by atoms with Crippen LogP contribution < -0.4 is 0 Å². The lowest BCUT2D eigenvalue weighted by Crippen LogP contribution is -2.40. The molecule has 128 valence electrons. The van der Waals surface area contributed by atoms with Gasteiger partial charge in [-0.2, -0.15) is 0 Å². The Morgan fingerprint density at radius 3 is 2.48 bits per heavy atom. The molecular weight excluding hydrogens is 282 g/mol. The molecule has 0 aromatic heterocycles. The summed E-state index contributed by atoms with van der Waals surface area (Å²) in [6.07, 6.45) is 12.2. The summed E-state index contributed by atoms with van der Waals surface area (Å²) in [5, 5.41) is 0. The molecule has 0 radical (unpaired) electrons. The zero-order valence-corrected chi connectivity index (χ0v) is 15.6. The van der Waals surface area contributed by atoms with E-state index in [4.69, 9.17) is 11.3 Å². The van der Waals surface area contributed by atoms with Gasteiger partial charge in [-0.05, 0) is 68.3 Å². The molecular formula is C21H33NO. The van der Waals surface area contributed by atoms with Crippen molar-refractivity contribution in [3.63, 3.8) is 0 Å². The third-order valence-electron chi connectivity index (χ3n) is 7.36. The minimum Gasteiger partial charge on any atom is -0.371 e. The number of rotatable bonds is 4. The predicted octanol–water partition coefficient (Wildman–Crippen LogP) is 5.64. The number of ether oxygens (including phenoxy) is 1. The van der Waals surface area contributed by atoms with Gasteiger partial charge in [0.1, 0.15) is 0 Å². The average molecular weight is 316 g/mol. The Kier molecular flexibility index (Phi) is 4.16. The van der Waals surface area contributed by atoms with Crippen LogP contribution in [0.5, 0.6) is 0 Å². The standard InChI is InChI=1S/C21H33NO/c1-15(16-9-12-20(4,22-6)13-10-16)7-8-17-19(2,3)18-11-14-21(17,5)23-18/h9,12,15-18H,7-8,10-11,13-14H2,1-5H3/t15-,16+,17-,18-,20+,21+/m1/s1. The van der Waals surface area contributed by atoms with Gasteiger partial charge in [0.2, 0.25) is 5.54 Å². The molecule has 3 rings (SSSR count). The monoisotopic (exact) mass is 315 g/mol. The quantitative estimate of drug-likeness (QED) is 0.483. The molecule has 2 saturated heterocycles. The highest BCUT2D eigenvalue weighted by atomic mass is 16.5. The largest absolute Gasteiger partial charge is 0.371 e. The molecule has 0 N–H and O–H groups in total. The van der Waals surface area contributed by atoms with Crippen LogP contribution in [0.3, 0.4) is 0 Å². The van der Waals surface area contributed by atoms with Crippen molar-refractivity contribution in [2.24, 2.45) is 23.2 Å². The Balaban J connectivity index is 1.59. The van der Waals surface area contributed by atoms with Crippen molar-refractivity contribution in [1.82, 2.24) is 0 Å². The Morgan fingerprint density at radius 1 is 1.22 bits per heavy atom. The smallest absolute Gasteiger partial charge is 0.248 e. The van der Waals surface area contributed by atoms with Gasteiger partial charge < -0.3 is 9.58 Å². The van der Waals surface area contributed by atoms with Gasteiger partial charge in [-0.1, -0.05) is 26.8 Å². The molecule has 2 heteroatoms. The summed E-state index contributed by atoms with van der Waals surface area (Å²) < 4.78 is 6.36. The Bertz CT molecular complexity index is 526. The van der Waals surface area contributed by atoms with Crippen molar-refractivity contribution >= 4 is 0 Å². The molecule has 2 fully saturated rings. The van der Waals surface area contributed by atoms with Crippen LogP contribution in [-0.2, 0) is 4.74 Å². The summed E-state index contributed by atoms with van der Waals surface area (Å²) in [6, 6.07) is 0. The second-order valence-electron chi connectivity index (χ2n) is 9.42. The first-order valence-corrected chi connectivity index (χ1v) is 9.46. The molecule has 2 aliphatic heterocycles. The predicted molar refractivity (Wildman–Crippen MR) is 95.1 cm³/mol. The molecule has 2 nitrogen and oxygen atoms in total. The molecule has 0 aromatic rings. The Morgan fingerprint density at radius 2 is 1.96 bits per heavy atom. The molecule has 0 saturated carbocycles. The van der Waals surface area contributed by atoms with Gasteiger partial charge in [-0.15, -0.1) is 0 Å².